The van der Waals surface area contributed by atoms with E-state index in [1.165, 1.54) is 12.1 Å². The van der Waals surface area contributed by atoms with Gasteiger partial charge in [-0.3, -0.25) is 24.1 Å². The fourth-order valence-electron chi connectivity index (χ4n) is 7.95. The maximum Gasteiger partial charge on any atom is 0.245 e. The zero-order valence-corrected chi connectivity index (χ0v) is 36.2. The smallest absolute Gasteiger partial charge is 0.245 e. The van der Waals surface area contributed by atoms with Crippen molar-refractivity contribution in [1.29, 1.82) is 0 Å². The van der Waals surface area contributed by atoms with Gasteiger partial charge in [0.2, 0.25) is 23.6 Å². The molecule has 0 aliphatic carbocycles. The molecule has 56 heavy (non-hydrogen) atoms. The molecule has 1 saturated heterocycles. The van der Waals surface area contributed by atoms with Crippen LogP contribution in [-0.4, -0.2) is 115 Å². The molecule has 2 aromatic rings. The van der Waals surface area contributed by atoms with Crippen molar-refractivity contribution < 1.29 is 28.3 Å². The summed E-state index contributed by atoms with van der Waals surface area (Å²) in [6.07, 6.45) is 2.74. The van der Waals surface area contributed by atoms with Crippen LogP contribution in [0.1, 0.15) is 84.8 Å². The highest BCUT2D eigenvalue weighted by atomic mass is 32.2. The third-order valence-corrected chi connectivity index (χ3v) is 12.6. The van der Waals surface area contributed by atoms with Crippen molar-refractivity contribution in [1.82, 2.24) is 25.3 Å². The summed E-state index contributed by atoms with van der Waals surface area (Å²) in [6, 6.07) is 14.6. The quantitative estimate of drug-likeness (QED) is 0.147. The van der Waals surface area contributed by atoms with Gasteiger partial charge in [0.15, 0.2) is 0 Å². The van der Waals surface area contributed by atoms with Crippen molar-refractivity contribution in [3.63, 3.8) is 0 Å². The molecule has 0 aromatic heterocycles. The van der Waals surface area contributed by atoms with Gasteiger partial charge in [0.1, 0.15) is 11.9 Å². The van der Waals surface area contributed by atoms with Crippen LogP contribution in [0.3, 0.4) is 0 Å². The summed E-state index contributed by atoms with van der Waals surface area (Å²) < 4.78 is 19.8. The number of rotatable bonds is 22. The van der Waals surface area contributed by atoms with Crippen LogP contribution in [-0.2, 0) is 36.1 Å². The first-order valence-electron chi connectivity index (χ1n) is 20.3. The van der Waals surface area contributed by atoms with Crippen molar-refractivity contribution in [3.05, 3.63) is 71.5 Å². The van der Waals surface area contributed by atoms with Gasteiger partial charge in [-0.1, -0.05) is 90.4 Å². The fourth-order valence-corrected chi connectivity index (χ4v) is 9.32. The van der Waals surface area contributed by atoms with Crippen LogP contribution < -0.4 is 10.6 Å². The van der Waals surface area contributed by atoms with E-state index < -0.39 is 24.2 Å². The molecule has 4 amide bonds. The predicted octanol–water partition coefficient (Wildman–Crippen LogP) is 6.17. The van der Waals surface area contributed by atoms with Gasteiger partial charge in [-0.15, -0.1) is 0 Å². The van der Waals surface area contributed by atoms with Gasteiger partial charge >= 0.3 is 0 Å². The number of ether oxygens (including phenoxy) is 1. The number of likely N-dealkylation sites (N-methyl/N-ethyl adjacent to an activating group) is 2. The lowest BCUT2D eigenvalue weighted by molar-refractivity contribution is -0.146. The number of hydrogen-bond donors (Lipinski definition) is 2. The fraction of sp³-hybridized carbons (Fsp3) is 0.636. The first-order valence-corrected chi connectivity index (χ1v) is 21.4. The highest BCUT2D eigenvalue weighted by Crippen LogP contribution is 2.33. The van der Waals surface area contributed by atoms with Crippen LogP contribution in [0.5, 0.6) is 0 Å². The van der Waals surface area contributed by atoms with Gasteiger partial charge in [-0.25, -0.2) is 4.39 Å². The Bertz CT molecular complexity index is 1520. The number of amides is 4. The molecule has 0 radical (unpaired) electrons. The lowest BCUT2D eigenvalue weighted by Gasteiger charge is -2.41. The molecule has 10 nitrogen and oxygen atoms in total. The van der Waals surface area contributed by atoms with Crippen LogP contribution >= 0.6 is 11.8 Å². The Labute approximate surface area is 340 Å². The molecule has 7 atom stereocenters. The molecule has 12 heteroatoms. The van der Waals surface area contributed by atoms with Crippen LogP contribution in [0, 0.1) is 23.6 Å². The van der Waals surface area contributed by atoms with Gasteiger partial charge in [-0.05, 0) is 74.4 Å². The summed E-state index contributed by atoms with van der Waals surface area (Å²) in [6.45, 7) is 13.0. The largest absolute Gasteiger partial charge is 0.379 e. The minimum Gasteiger partial charge on any atom is -0.379 e. The van der Waals surface area contributed by atoms with E-state index in [0.717, 1.165) is 36.8 Å². The number of hydrogen-bond acceptors (Lipinski definition) is 7. The number of nitrogens with zero attached hydrogens (tertiary/aromatic N) is 3. The van der Waals surface area contributed by atoms with Gasteiger partial charge in [-0.2, -0.15) is 11.8 Å². The Morgan fingerprint density at radius 1 is 0.929 bits per heavy atom. The van der Waals surface area contributed by atoms with Crippen molar-refractivity contribution in [2.24, 2.45) is 17.8 Å². The molecule has 0 bridgehead atoms. The van der Waals surface area contributed by atoms with Gasteiger partial charge in [0.25, 0.3) is 0 Å². The van der Waals surface area contributed by atoms with Crippen molar-refractivity contribution in [2.75, 3.05) is 41.3 Å². The predicted molar refractivity (Wildman–Crippen MR) is 224 cm³/mol. The lowest BCUT2D eigenvalue weighted by Crippen LogP contribution is -2.59. The molecule has 7 unspecified atom stereocenters. The summed E-state index contributed by atoms with van der Waals surface area (Å²) in [7, 11) is 7.06. The molecule has 312 valence electrons. The average molecular weight is 798 g/mol. The second-order valence-corrected chi connectivity index (χ2v) is 17.5. The minimum absolute atomic E-state index is 0.0108. The van der Waals surface area contributed by atoms with E-state index >= 15 is 0 Å². The Morgan fingerprint density at radius 3 is 2.16 bits per heavy atom. The molecular weight excluding hydrogens is 730 g/mol. The topological polar surface area (TPSA) is 111 Å². The average Bonchev–Trinajstić information content (AvgIpc) is 3.65. The molecule has 2 N–H and O–H groups in total. The zero-order chi connectivity index (χ0) is 41.5. The Kier molecular flexibility index (Phi) is 19.3. The summed E-state index contributed by atoms with van der Waals surface area (Å²) >= 11 is 1.62. The van der Waals surface area contributed by atoms with E-state index in [2.05, 4.69) is 24.5 Å². The number of methoxy groups -OCH3 is 1. The molecule has 1 aliphatic heterocycles. The van der Waals surface area contributed by atoms with Crippen LogP contribution in [0.4, 0.5) is 4.39 Å². The molecule has 1 aliphatic rings. The van der Waals surface area contributed by atoms with E-state index in [1.807, 2.05) is 81.9 Å². The summed E-state index contributed by atoms with van der Waals surface area (Å²) in [4.78, 5) is 61.0. The van der Waals surface area contributed by atoms with E-state index in [9.17, 15) is 23.6 Å². The standard InChI is InChI=1S/C44H68FN5O5S/c1-11-31(6)42(49(9)44(54)40(29(2)3)47-43(53)41(30(4)5)48(7)8)36(55-10)26-39(52)50-25-15-18-35(50)37(56-28-33-19-21-34(45)22-20-33)27-38(51)46-24-23-32-16-13-12-14-17-32/h12-14,16-17,19-22,29-31,35-37,40-42H,11,15,18,23-28H2,1-10H3,(H,46,51)(H,47,53). The van der Waals surface area contributed by atoms with Crippen LogP contribution in [0.2, 0.25) is 0 Å². The van der Waals surface area contributed by atoms with E-state index in [1.54, 1.807) is 43.0 Å². The Morgan fingerprint density at radius 2 is 1.59 bits per heavy atom. The number of carbonyl (C=O) groups excluding carboxylic acids is 4. The number of nitrogens with one attached hydrogen (secondary N) is 2. The first kappa shape index (κ1) is 46.9. The van der Waals surface area contributed by atoms with Crippen molar-refractivity contribution in [2.45, 2.75) is 121 Å². The summed E-state index contributed by atoms with van der Waals surface area (Å²) in [5, 5.41) is 5.95. The number of benzene rings is 2. The van der Waals surface area contributed by atoms with E-state index in [0.29, 0.717) is 18.8 Å². The third kappa shape index (κ3) is 13.6. The molecule has 0 saturated carbocycles. The molecule has 0 spiro atoms. The van der Waals surface area contributed by atoms with Crippen molar-refractivity contribution in [3.8, 4) is 0 Å². The maximum absolute atomic E-state index is 14.4. The van der Waals surface area contributed by atoms with Crippen LogP contribution in [0.25, 0.3) is 0 Å². The summed E-state index contributed by atoms with van der Waals surface area (Å²) in [5.41, 5.74) is 2.09. The summed E-state index contributed by atoms with van der Waals surface area (Å²) in [5.74, 6) is -0.422. The molecule has 1 heterocycles. The number of halogens is 1. The first-order chi connectivity index (χ1) is 26.6. The molecular formula is C44H68FN5O5S. The van der Waals surface area contributed by atoms with Crippen LogP contribution in [0.15, 0.2) is 54.6 Å². The highest BCUT2D eigenvalue weighted by Gasteiger charge is 2.41. The van der Waals surface area contributed by atoms with E-state index in [-0.39, 0.29) is 71.3 Å². The van der Waals surface area contributed by atoms with E-state index in [4.69, 9.17) is 4.74 Å². The SMILES string of the molecule is CCC(C)C(C(CC(=O)N1CCCC1C(CC(=O)NCCc1ccccc1)SCc1ccc(F)cc1)OC)N(C)C(=O)C(NC(=O)C(C(C)C)N(C)C)C(C)C. The number of carbonyl (C=O) groups is 4. The second kappa shape index (κ2) is 23.1. The number of likely N-dealkylation sites (tertiary alicyclic amines) is 1. The molecule has 2 aromatic carbocycles. The van der Waals surface area contributed by atoms with Crippen molar-refractivity contribution >= 4 is 35.4 Å². The third-order valence-electron chi connectivity index (χ3n) is 11.2. The zero-order valence-electron chi connectivity index (χ0n) is 35.4. The highest BCUT2D eigenvalue weighted by molar-refractivity contribution is 7.99. The monoisotopic (exact) mass is 797 g/mol. The molecule has 1 fully saturated rings. The van der Waals surface area contributed by atoms with Gasteiger partial charge in [0, 0.05) is 50.7 Å². The minimum atomic E-state index is -0.755. The lowest BCUT2D eigenvalue weighted by atomic mass is 9.89. The number of thioether (sulfide) groups is 1. The van der Waals surface area contributed by atoms with Gasteiger partial charge < -0.3 is 25.2 Å². The Balaban J connectivity index is 1.81. The maximum atomic E-state index is 14.4. The Hall–Kier alpha value is -3.48. The van der Waals surface area contributed by atoms with Gasteiger partial charge in [0.05, 0.1) is 24.6 Å². The normalized spacial score (nSPS) is 17.7. The molecule has 3 rings (SSSR count). The second-order valence-electron chi connectivity index (χ2n) is 16.2.